The van der Waals surface area contributed by atoms with Gasteiger partial charge in [-0.15, -0.1) is 11.6 Å². The van der Waals surface area contributed by atoms with Crippen molar-refractivity contribution < 1.29 is 14.3 Å². The highest BCUT2D eigenvalue weighted by Crippen LogP contribution is 2.38. The van der Waals surface area contributed by atoms with Crippen LogP contribution in [0, 0.1) is 5.41 Å². The maximum Gasteiger partial charge on any atom is 0.311 e. The number of hydrogen-bond donors (Lipinski definition) is 0. The van der Waals surface area contributed by atoms with Gasteiger partial charge in [0.15, 0.2) is 0 Å². The number of rotatable bonds is 9. The van der Waals surface area contributed by atoms with Gasteiger partial charge in [0.2, 0.25) is 0 Å². The molecule has 3 aromatic rings. The Morgan fingerprint density at radius 1 is 0.818 bits per heavy atom. The Morgan fingerprint density at radius 3 is 1.88 bits per heavy atom. The lowest BCUT2D eigenvalue weighted by molar-refractivity contribution is -0.153. The van der Waals surface area contributed by atoms with Crippen LogP contribution in [0.1, 0.15) is 37.5 Å². The Bertz CT molecular complexity index is 996. The lowest BCUT2D eigenvalue weighted by Crippen LogP contribution is -2.24. The third-order valence-electron chi connectivity index (χ3n) is 5.21. The fraction of sp³-hybridized carbons (Fsp3) is 0.276. The number of benzene rings is 3. The van der Waals surface area contributed by atoms with E-state index in [1.54, 1.807) is 0 Å². The van der Waals surface area contributed by atoms with E-state index in [1.165, 1.54) is 0 Å². The molecule has 3 aromatic carbocycles. The van der Waals surface area contributed by atoms with Crippen molar-refractivity contribution in [3.05, 3.63) is 114 Å². The summed E-state index contributed by atoms with van der Waals surface area (Å²) in [7, 11) is 0. The highest BCUT2D eigenvalue weighted by atomic mass is 35.5. The molecule has 0 aliphatic rings. The number of alkyl halides is 1. The molecule has 0 amide bonds. The van der Waals surface area contributed by atoms with Crippen molar-refractivity contribution in [1.82, 2.24) is 0 Å². The zero-order valence-electron chi connectivity index (χ0n) is 19.5. The minimum Gasteiger partial charge on any atom is -0.490 e. The molecule has 0 N–H and O–H groups in total. The number of halogens is 1. The summed E-state index contributed by atoms with van der Waals surface area (Å²) in [5.41, 5.74) is 2.71. The number of ether oxygens (including phenoxy) is 2. The maximum atomic E-state index is 11.8. The van der Waals surface area contributed by atoms with Crippen molar-refractivity contribution in [2.24, 2.45) is 5.41 Å². The monoisotopic (exact) mass is 462 g/mol. The molecule has 0 spiro atoms. The topological polar surface area (TPSA) is 35.5 Å². The molecule has 0 fully saturated rings. The van der Waals surface area contributed by atoms with Gasteiger partial charge >= 0.3 is 5.97 Å². The van der Waals surface area contributed by atoms with Gasteiger partial charge in [-0.1, -0.05) is 84.9 Å². The number of carbonyl (C=O) groups is 1. The van der Waals surface area contributed by atoms with E-state index in [4.69, 9.17) is 21.1 Å². The Hall–Kier alpha value is -3.04. The Balaban J connectivity index is 1.59. The summed E-state index contributed by atoms with van der Waals surface area (Å²) in [6.45, 7) is 6.05. The lowest BCUT2D eigenvalue weighted by atomic mass is 9.89. The summed E-state index contributed by atoms with van der Waals surface area (Å²) in [6, 6.07) is 28.1. The standard InChI is InChI=1S/C29H31ClO3/c1-28(2,3)27(31)33-22-21-32-26-18-16-23(17-19-26)11-10-20-29(30,24-12-6-4-7-13-24)25-14-8-5-9-15-25/h4-10,12-20H,11,21-22H2,1-3H3. The van der Waals surface area contributed by atoms with E-state index in [-0.39, 0.29) is 12.6 Å². The molecule has 3 rings (SSSR count). The van der Waals surface area contributed by atoms with E-state index in [2.05, 4.69) is 36.4 Å². The molecule has 0 aliphatic heterocycles. The van der Waals surface area contributed by atoms with Crippen LogP contribution in [-0.4, -0.2) is 19.2 Å². The second-order valence-corrected chi connectivity index (χ2v) is 9.52. The van der Waals surface area contributed by atoms with E-state index in [9.17, 15) is 4.79 Å². The van der Waals surface area contributed by atoms with Gasteiger partial charge in [-0.3, -0.25) is 4.79 Å². The fourth-order valence-electron chi connectivity index (χ4n) is 3.31. The molecule has 0 bridgehead atoms. The van der Waals surface area contributed by atoms with E-state index in [0.717, 1.165) is 28.9 Å². The summed E-state index contributed by atoms with van der Waals surface area (Å²) in [6.07, 6.45) is 4.92. The predicted molar refractivity (Wildman–Crippen MR) is 135 cm³/mol. The molecule has 3 nitrogen and oxygen atoms in total. The van der Waals surface area contributed by atoms with Crippen LogP contribution < -0.4 is 4.74 Å². The molecule has 0 heterocycles. The first-order valence-corrected chi connectivity index (χ1v) is 11.5. The quantitative estimate of drug-likeness (QED) is 0.149. The van der Waals surface area contributed by atoms with Gasteiger partial charge in [0.25, 0.3) is 0 Å². The first-order chi connectivity index (χ1) is 15.8. The Morgan fingerprint density at radius 2 is 1.36 bits per heavy atom. The van der Waals surface area contributed by atoms with Crippen molar-refractivity contribution in [2.45, 2.75) is 32.1 Å². The first-order valence-electron chi connectivity index (χ1n) is 11.2. The maximum absolute atomic E-state index is 11.8. The van der Waals surface area contributed by atoms with Gasteiger partial charge in [0, 0.05) is 0 Å². The van der Waals surface area contributed by atoms with Gasteiger partial charge < -0.3 is 9.47 Å². The van der Waals surface area contributed by atoms with E-state index in [0.29, 0.717) is 6.61 Å². The van der Waals surface area contributed by atoms with E-state index < -0.39 is 10.3 Å². The van der Waals surface area contributed by atoms with Gasteiger partial charge in [0.05, 0.1) is 5.41 Å². The van der Waals surface area contributed by atoms with Crippen molar-refractivity contribution in [1.29, 1.82) is 0 Å². The van der Waals surface area contributed by atoms with Crippen LogP contribution in [0.4, 0.5) is 0 Å². The molecule has 4 heteroatoms. The normalized spacial score (nSPS) is 12.0. The Kier molecular flexibility index (Phi) is 8.35. The van der Waals surface area contributed by atoms with Gasteiger partial charge in [-0.25, -0.2) is 0 Å². The molecule has 0 aliphatic carbocycles. The van der Waals surface area contributed by atoms with Gasteiger partial charge in [0.1, 0.15) is 23.8 Å². The minimum atomic E-state index is -0.726. The molecule has 0 saturated heterocycles. The molecule has 33 heavy (non-hydrogen) atoms. The summed E-state index contributed by atoms with van der Waals surface area (Å²) >= 11 is 7.16. The summed E-state index contributed by atoms with van der Waals surface area (Å²) < 4.78 is 10.9. The van der Waals surface area contributed by atoms with Crippen LogP contribution >= 0.6 is 11.6 Å². The zero-order valence-corrected chi connectivity index (χ0v) is 20.2. The molecule has 0 unspecified atom stereocenters. The van der Waals surface area contributed by atoms with Crippen LogP contribution in [0.25, 0.3) is 0 Å². The van der Waals surface area contributed by atoms with Crippen LogP contribution in [-0.2, 0) is 20.8 Å². The van der Waals surface area contributed by atoms with Gasteiger partial charge in [-0.05, 0) is 56.0 Å². The van der Waals surface area contributed by atoms with Gasteiger partial charge in [-0.2, -0.15) is 0 Å². The minimum absolute atomic E-state index is 0.227. The zero-order chi connectivity index (χ0) is 23.7. The van der Waals surface area contributed by atoms with Crippen molar-refractivity contribution >= 4 is 17.6 Å². The van der Waals surface area contributed by atoms with Crippen molar-refractivity contribution in [3.8, 4) is 5.75 Å². The van der Waals surface area contributed by atoms with Crippen LogP contribution in [0.5, 0.6) is 5.75 Å². The Labute approximate surface area is 202 Å². The second kappa shape index (κ2) is 11.2. The molecular weight excluding hydrogens is 432 g/mol. The molecule has 0 radical (unpaired) electrons. The number of hydrogen-bond acceptors (Lipinski definition) is 3. The van der Waals surface area contributed by atoms with Crippen molar-refractivity contribution in [2.75, 3.05) is 13.2 Å². The highest BCUT2D eigenvalue weighted by Gasteiger charge is 2.28. The third-order valence-corrected chi connectivity index (χ3v) is 5.77. The highest BCUT2D eigenvalue weighted by molar-refractivity contribution is 6.27. The summed E-state index contributed by atoms with van der Waals surface area (Å²) in [4.78, 5) is 11.1. The summed E-state index contributed by atoms with van der Waals surface area (Å²) in [5.74, 6) is 0.518. The van der Waals surface area contributed by atoms with Crippen molar-refractivity contribution in [3.63, 3.8) is 0 Å². The first kappa shape index (κ1) is 24.6. The average Bonchev–Trinajstić information content (AvgIpc) is 2.83. The van der Waals surface area contributed by atoms with E-state index in [1.807, 2.05) is 81.4 Å². The third kappa shape index (κ3) is 6.97. The van der Waals surface area contributed by atoms with Crippen LogP contribution in [0.2, 0.25) is 0 Å². The molecule has 0 saturated carbocycles. The second-order valence-electron chi connectivity index (χ2n) is 8.93. The van der Waals surface area contributed by atoms with E-state index >= 15 is 0 Å². The number of allylic oxidation sites excluding steroid dienone is 2. The van der Waals surface area contributed by atoms with Crippen LogP contribution in [0.15, 0.2) is 97.1 Å². The summed E-state index contributed by atoms with van der Waals surface area (Å²) in [5, 5.41) is 0. The molecule has 0 aromatic heterocycles. The fourth-order valence-corrected chi connectivity index (χ4v) is 3.65. The molecule has 0 atom stereocenters. The SMILES string of the molecule is CC(C)(C)C(=O)OCCOc1ccc(CC=CC(Cl)(c2ccccc2)c2ccccc2)cc1. The van der Waals surface area contributed by atoms with Crippen LogP contribution in [0.3, 0.4) is 0 Å². The number of carbonyl (C=O) groups excluding carboxylic acids is 1. The largest absolute Gasteiger partial charge is 0.490 e. The smallest absolute Gasteiger partial charge is 0.311 e. The molecular formula is C29H31ClO3. The predicted octanol–water partition coefficient (Wildman–Crippen LogP) is 6.94. The number of esters is 1. The molecule has 172 valence electrons. The lowest BCUT2D eigenvalue weighted by Gasteiger charge is -2.25. The average molecular weight is 463 g/mol.